The lowest BCUT2D eigenvalue weighted by atomic mass is 10.1. The van der Waals surface area contributed by atoms with E-state index >= 15 is 0 Å². The van der Waals surface area contributed by atoms with E-state index in [1.54, 1.807) is 0 Å². The lowest BCUT2D eigenvalue weighted by Crippen LogP contribution is -2.44. The fourth-order valence-electron chi connectivity index (χ4n) is 3.98. The van der Waals surface area contributed by atoms with E-state index in [1.807, 2.05) is 49.1 Å². The fourth-order valence-corrected chi connectivity index (χ4v) is 3.98. The van der Waals surface area contributed by atoms with Gasteiger partial charge in [0.25, 0.3) is 0 Å². The summed E-state index contributed by atoms with van der Waals surface area (Å²) in [6.45, 7) is 9.69. The Kier molecular flexibility index (Phi) is 7.11. The van der Waals surface area contributed by atoms with Gasteiger partial charge in [-0.25, -0.2) is 4.98 Å². The molecule has 2 aliphatic rings. The summed E-state index contributed by atoms with van der Waals surface area (Å²) in [5.41, 5.74) is 3.60. The summed E-state index contributed by atoms with van der Waals surface area (Å²) in [7, 11) is 0. The average molecular weight is 426 g/mol. The molecule has 0 saturated carbocycles. The van der Waals surface area contributed by atoms with Crippen molar-refractivity contribution in [2.24, 2.45) is 0 Å². The van der Waals surface area contributed by atoms with Crippen molar-refractivity contribution in [1.29, 1.82) is 0 Å². The van der Waals surface area contributed by atoms with Crippen LogP contribution in [0.4, 0.5) is 11.5 Å². The van der Waals surface area contributed by atoms with Gasteiger partial charge in [-0.3, -0.25) is 14.7 Å². The molecule has 2 aromatic rings. The fraction of sp³-hybridized carbons (Fsp3) is 0.522. The third-order valence-electron chi connectivity index (χ3n) is 5.63. The van der Waals surface area contributed by atoms with Crippen molar-refractivity contribution in [2.75, 3.05) is 57.9 Å². The number of hydrogen-bond acceptors (Lipinski definition) is 7. The van der Waals surface area contributed by atoms with Crippen molar-refractivity contribution < 1.29 is 14.3 Å². The molecule has 0 spiro atoms. The number of nitrogens with zero attached hydrogens (tertiary/aromatic N) is 4. The van der Waals surface area contributed by atoms with Gasteiger partial charge in [0.15, 0.2) is 0 Å². The van der Waals surface area contributed by atoms with Gasteiger partial charge in [0, 0.05) is 49.7 Å². The molecule has 0 radical (unpaired) electrons. The molecule has 0 bridgehead atoms. The van der Waals surface area contributed by atoms with E-state index in [4.69, 9.17) is 9.47 Å². The zero-order valence-electron chi connectivity index (χ0n) is 18.3. The number of amides is 1. The largest absolute Gasteiger partial charge is 0.379 e. The van der Waals surface area contributed by atoms with Crippen LogP contribution in [-0.2, 0) is 14.3 Å². The Morgan fingerprint density at radius 1 is 1.10 bits per heavy atom. The Labute approximate surface area is 183 Å². The van der Waals surface area contributed by atoms with E-state index in [9.17, 15) is 4.79 Å². The van der Waals surface area contributed by atoms with Crippen molar-refractivity contribution >= 4 is 17.4 Å². The van der Waals surface area contributed by atoms with Crippen LogP contribution in [0.3, 0.4) is 0 Å². The predicted molar refractivity (Wildman–Crippen MR) is 118 cm³/mol. The van der Waals surface area contributed by atoms with Gasteiger partial charge in [-0.1, -0.05) is 6.07 Å². The van der Waals surface area contributed by atoms with E-state index in [2.05, 4.69) is 20.2 Å². The minimum atomic E-state index is -0.230. The molecule has 31 heavy (non-hydrogen) atoms. The first-order valence-corrected chi connectivity index (χ1v) is 11.0. The molecule has 1 amide bonds. The highest BCUT2D eigenvalue weighted by Crippen LogP contribution is 2.25. The monoisotopic (exact) mass is 425 g/mol. The number of anilines is 2. The van der Waals surface area contributed by atoms with Crippen LogP contribution in [0.25, 0.3) is 0 Å². The van der Waals surface area contributed by atoms with Crippen molar-refractivity contribution in [3.05, 3.63) is 47.4 Å². The van der Waals surface area contributed by atoms with Gasteiger partial charge in [0.1, 0.15) is 11.9 Å². The van der Waals surface area contributed by atoms with Gasteiger partial charge in [-0.05, 0) is 38.1 Å². The molecule has 8 nitrogen and oxygen atoms in total. The SMILES string of the molecule is Cc1cccc(Nc2cc(C)nc(C3CN(C(=O)CCN4CCOCC4)CCO3)c2)n1. The predicted octanol–water partition coefficient (Wildman–Crippen LogP) is 2.46. The molecule has 0 aromatic carbocycles. The Hall–Kier alpha value is -2.55. The van der Waals surface area contributed by atoms with Gasteiger partial charge in [0.2, 0.25) is 5.91 Å². The smallest absolute Gasteiger partial charge is 0.224 e. The van der Waals surface area contributed by atoms with Crippen molar-refractivity contribution in [3.63, 3.8) is 0 Å². The Morgan fingerprint density at radius 3 is 2.74 bits per heavy atom. The van der Waals surface area contributed by atoms with Crippen LogP contribution in [-0.4, -0.2) is 78.2 Å². The molecule has 2 fully saturated rings. The van der Waals surface area contributed by atoms with E-state index in [0.29, 0.717) is 26.1 Å². The molecule has 4 rings (SSSR count). The highest BCUT2D eigenvalue weighted by Gasteiger charge is 2.27. The maximum Gasteiger partial charge on any atom is 0.224 e. The maximum atomic E-state index is 12.8. The summed E-state index contributed by atoms with van der Waals surface area (Å²) < 4.78 is 11.4. The van der Waals surface area contributed by atoms with Crippen LogP contribution in [0, 0.1) is 13.8 Å². The second kappa shape index (κ2) is 10.2. The number of aryl methyl sites for hydroxylation is 2. The topological polar surface area (TPSA) is 79.8 Å². The molecule has 166 valence electrons. The number of ether oxygens (including phenoxy) is 2. The van der Waals surface area contributed by atoms with Crippen LogP contribution in [0.2, 0.25) is 0 Å². The van der Waals surface area contributed by atoms with E-state index < -0.39 is 0 Å². The molecule has 0 aliphatic carbocycles. The number of carbonyl (C=O) groups is 1. The minimum Gasteiger partial charge on any atom is -0.379 e. The third-order valence-corrected chi connectivity index (χ3v) is 5.63. The first kappa shape index (κ1) is 21.7. The van der Waals surface area contributed by atoms with Crippen molar-refractivity contribution in [3.8, 4) is 0 Å². The normalized spacial score (nSPS) is 19.9. The van der Waals surface area contributed by atoms with E-state index in [0.717, 1.165) is 61.4 Å². The standard InChI is InChI=1S/C23H31N5O3/c1-17-4-3-5-22(25-17)26-19-14-18(2)24-20(15-19)21-16-28(10-13-31-21)23(29)6-7-27-8-11-30-12-9-27/h3-5,14-15,21H,6-13,16H2,1-2H3,(H,24,25,26). The maximum absolute atomic E-state index is 12.8. The van der Waals surface area contributed by atoms with Gasteiger partial charge in [-0.15, -0.1) is 0 Å². The Morgan fingerprint density at radius 2 is 1.94 bits per heavy atom. The zero-order chi connectivity index (χ0) is 21.6. The molecule has 2 aliphatic heterocycles. The van der Waals surface area contributed by atoms with Crippen LogP contribution < -0.4 is 5.32 Å². The number of carbonyl (C=O) groups excluding carboxylic acids is 1. The molecule has 2 aromatic heterocycles. The molecule has 4 heterocycles. The quantitative estimate of drug-likeness (QED) is 0.762. The second-order valence-corrected chi connectivity index (χ2v) is 8.11. The second-order valence-electron chi connectivity index (χ2n) is 8.11. The molecule has 1 unspecified atom stereocenters. The summed E-state index contributed by atoms with van der Waals surface area (Å²) >= 11 is 0. The number of aromatic nitrogens is 2. The van der Waals surface area contributed by atoms with Crippen molar-refractivity contribution in [1.82, 2.24) is 19.8 Å². The van der Waals surface area contributed by atoms with Crippen LogP contribution in [0.15, 0.2) is 30.3 Å². The van der Waals surface area contributed by atoms with Crippen molar-refractivity contribution in [2.45, 2.75) is 26.4 Å². The summed E-state index contributed by atoms with van der Waals surface area (Å²) in [4.78, 5) is 26.2. The van der Waals surface area contributed by atoms with Gasteiger partial charge < -0.3 is 19.7 Å². The highest BCUT2D eigenvalue weighted by atomic mass is 16.5. The summed E-state index contributed by atoms with van der Waals surface area (Å²) in [5.74, 6) is 0.968. The van der Waals surface area contributed by atoms with Crippen LogP contribution >= 0.6 is 0 Å². The number of nitrogens with one attached hydrogen (secondary N) is 1. The van der Waals surface area contributed by atoms with Crippen LogP contribution in [0.1, 0.15) is 29.6 Å². The van der Waals surface area contributed by atoms with E-state index in [-0.39, 0.29) is 12.0 Å². The van der Waals surface area contributed by atoms with Crippen LogP contribution in [0.5, 0.6) is 0 Å². The Balaban J connectivity index is 1.39. The molecule has 1 atom stereocenters. The number of pyridine rings is 2. The third kappa shape index (κ3) is 6.00. The molecular formula is C23H31N5O3. The highest BCUT2D eigenvalue weighted by molar-refractivity contribution is 5.76. The van der Waals surface area contributed by atoms with Gasteiger partial charge in [-0.2, -0.15) is 0 Å². The molecule has 8 heteroatoms. The number of hydrogen-bond donors (Lipinski definition) is 1. The van der Waals surface area contributed by atoms with Gasteiger partial charge in [0.05, 0.1) is 32.1 Å². The number of morpholine rings is 2. The van der Waals surface area contributed by atoms with E-state index in [1.165, 1.54) is 0 Å². The summed E-state index contributed by atoms with van der Waals surface area (Å²) in [5, 5.41) is 3.35. The lowest BCUT2D eigenvalue weighted by Gasteiger charge is -2.34. The molecule has 2 saturated heterocycles. The zero-order valence-corrected chi connectivity index (χ0v) is 18.3. The first-order chi connectivity index (χ1) is 15.1. The molecule has 1 N–H and O–H groups in total. The number of rotatable bonds is 6. The lowest BCUT2D eigenvalue weighted by molar-refractivity contribution is -0.139. The first-order valence-electron chi connectivity index (χ1n) is 11.0. The molecular weight excluding hydrogens is 394 g/mol. The average Bonchev–Trinajstić information content (AvgIpc) is 2.78. The summed E-state index contributed by atoms with van der Waals surface area (Å²) in [6.07, 6.45) is 0.298. The van der Waals surface area contributed by atoms with Gasteiger partial charge >= 0.3 is 0 Å². The summed E-state index contributed by atoms with van der Waals surface area (Å²) in [6, 6.07) is 9.86. The minimum absolute atomic E-state index is 0.176. The Bertz CT molecular complexity index is 901.